The SMILES string of the molecule is C[C@@H]1CN(C(=O)[C@@](C)(O)C(F)(F)F)[C@@H](C)CN1S(=O)(=O)c1cccs1. The van der Waals surface area contributed by atoms with E-state index in [1.54, 1.807) is 11.4 Å². The zero-order valence-corrected chi connectivity index (χ0v) is 15.5. The van der Waals surface area contributed by atoms with Gasteiger partial charge in [0.05, 0.1) is 0 Å². The van der Waals surface area contributed by atoms with Crippen LogP contribution in [-0.4, -0.2) is 65.6 Å². The van der Waals surface area contributed by atoms with Crippen LogP contribution in [0.3, 0.4) is 0 Å². The average molecular weight is 400 g/mol. The fourth-order valence-corrected chi connectivity index (χ4v) is 5.46. The molecule has 0 unspecified atom stereocenters. The van der Waals surface area contributed by atoms with E-state index in [-0.39, 0.29) is 17.3 Å². The zero-order valence-electron chi connectivity index (χ0n) is 13.8. The van der Waals surface area contributed by atoms with Crippen molar-refractivity contribution in [1.82, 2.24) is 9.21 Å². The van der Waals surface area contributed by atoms with Gasteiger partial charge < -0.3 is 10.0 Å². The molecule has 142 valence electrons. The zero-order chi connectivity index (χ0) is 19.2. The van der Waals surface area contributed by atoms with Crippen LogP contribution in [0.5, 0.6) is 0 Å². The number of hydrogen-bond acceptors (Lipinski definition) is 5. The molecule has 0 aromatic carbocycles. The molecule has 3 atom stereocenters. The van der Waals surface area contributed by atoms with E-state index in [2.05, 4.69) is 0 Å². The quantitative estimate of drug-likeness (QED) is 0.837. The van der Waals surface area contributed by atoms with Crippen LogP contribution in [0.2, 0.25) is 0 Å². The Balaban J connectivity index is 2.25. The van der Waals surface area contributed by atoms with Crippen molar-refractivity contribution in [2.24, 2.45) is 0 Å². The van der Waals surface area contributed by atoms with Gasteiger partial charge in [0.1, 0.15) is 4.21 Å². The Hall–Kier alpha value is -1.17. The molecule has 25 heavy (non-hydrogen) atoms. The van der Waals surface area contributed by atoms with Gasteiger partial charge >= 0.3 is 6.18 Å². The highest BCUT2D eigenvalue weighted by Gasteiger charge is 2.58. The Kier molecular flexibility index (Phi) is 5.26. The monoisotopic (exact) mass is 400 g/mol. The molecule has 6 nitrogen and oxygen atoms in total. The molecule has 2 rings (SSSR count). The fourth-order valence-electron chi connectivity index (χ4n) is 2.64. The molecule has 1 saturated heterocycles. The van der Waals surface area contributed by atoms with Crippen molar-refractivity contribution >= 4 is 27.3 Å². The van der Waals surface area contributed by atoms with Crippen LogP contribution in [0.15, 0.2) is 21.7 Å². The number of sulfonamides is 1. The Morgan fingerprint density at radius 2 is 1.88 bits per heavy atom. The number of hydrogen-bond donors (Lipinski definition) is 1. The lowest BCUT2D eigenvalue weighted by Crippen LogP contribution is -2.65. The third kappa shape index (κ3) is 3.55. The molecular formula is C14H19F3N2O4S2. The van der Waals surface area contributed by atoms with Gasteiger partial charge in [-0.1, -0.05) is 6.07 Å². The number of carbonyl (C=O) groups is 1. The first-order chi connectivity index (χ1) is 11.3. The number of aliphatic hydroxyl groups is 1. The van der Waals surface area contributed by atoms with Crippen molar-refractivity contribution in [3.05, 3.63) is 17.5 Å². The highest BCUT2D eigenvalue weighted by Crippen LogP contribution is 2.34. The van der Waals surface area contributed by atoms with Crippen molar-refractivity contribution in [1.29, 1.82) is 0 Å². The van der Waals surface area contributed by atoms with Crippen molar-refractivity contribution in [2.75, 3.05) is 13.1 Å². The summed E-state index contributed by atoms with van der Waals surface area (Å²) >= 11 is 1.04. The molecular weight excluding hydrogens is 381 g/mol. The fraction of sp³-hybridized carbons (Fsp3) is 0.643. The van der Waals surface area contributed by atoms with Crippen molar-refractivity contribution in [3.63, 3.8) is 0 Å². The van der Waals surface area contributed by atoms with Crippen LogP contribution in [-0.2, 0) is 14.8 Å². The first kappa shape index (κ1) is 20.1. The van der Waals surface area contributed by atoms with E-state index in [4.69, 9.17) is 0 Å². The minimum Gasteiger partial charge on any atom is -0.373 e. The van der Waals surface area contributed by atoms with E-state index in [0.29, 0.717) is 6.92 Å². The summed E-state index contributed by atoms with van der Waals surface area (Å²) in [6, 6.07) is 1.50. The second kappa shape index (κ2) is 6.53. The summed E-state index contributed by atoms with van der Waals surface area (Å²) in [7, 11) is -3.78. The highest BCUT2D eigenvalue weighted by atomic mass is 32.2. The van der Waals surface area contributed by atoms with Crippen LogP contribution in [0.4, 0.5) is 13.2 Å². The summed E-state index contributed by atoms with van der Waals surface area (Å²) < 4.78 is 65.3. The maximum Gasteiger partial charge on any atom is 0.426 e. The summed E-state index contributed by atoms with van der Waals surface area (Å²) in [4.78, 5) is 13.1. The molecule has 0 radical (unpaired) electrons. The van der Waals surface area contributed by atoms with E-state index in [9.17, 15) is 31.5 Å². The normalized spacial score (nSPS) is 25.6. The van der Waals surface area contributed by atoms with Gasteiger partial charge in [0.2, 0.25) is 5.60 Å². The minimum atomic E-state index is -5.12. The van der Waals surface area contributed by atoms with Crippen LogP contribution in [0, 0.1) is 0 Å². The second-order valence-electron chi connectivity index (χ2n) is 6.23. The van der Waals surface area contributed by atoms with Gasteiger partial charge in [-0.3, -0.25) is 4.79 Å². The van der Waals surface area contributed by atoms with Gasteiger partial charge in [0.15, 0.2) is 0 Å². The molecule has 11 heteroatoms. The van der Waals surface area contributed by atoms with Crippen molar-refractivity contribution in [3.8, 4) is 0 Å². The molecule has 0 bridgehead atoms. The van der Waals surface area contributed by atoms with Crippen LogP contribution in [0.1, 0.15) is 20.8 Å². The number of carbonyl (C=O) groups excluding carboxylic acids is 1. The number of piperazine rings is 1. The van der Waals surface area contributed by atoms with E-state index >= 15 is 0 Å². The van der Waals surface area contributed by atoms with E-state index < -0.39 is 39.8 Å². The molecule has 0 saturated carbocycles. The largest absolute Gasteiger partial charge is 0.426 e. The lowest BCUT2D eigenvalue weighted by atomic mass is 10.0. The number of amides is 1. The average Bonchev–Trinajstić information content (AvgIpc) is 3.02. The Labute approximate surface area is 147 Å². The number of thiophene rings is 1. The van der Waals surface area contributed by atoms with Crippen molar-refractivity contribution in [2.45, 2.75) is 48.8 Å². The van der Waals surface area contributed by atoms with Crippen LogP contribution >= 0.6 is 11.3 Å². The molecule has 0 spiro atoms. The third-order valence-corrected chi connectivity index (χ3v) is 7.57. The summed E-state index contributed by atoms with van der Waals surface area (Å²) in [5, 5.41) is 11.2. The Bertz CT molecular complexity index is 732. The number of alkyl halides is 3. The smallest absolute Gasteiger partial charge is 0.373 e. The number of nitrogens with zero attached hydrogens (tertiary/aromatic N) is 2. The summed E-state index contributed by atoms with van der Waals surface area (Å²) in [6.07, 6.45) is -5.12. The second-order valence-corrected chi connectivity index (χ2v) is 9.30. The molecule has 1 aliphatic heterocycles. The van der Waals surface area contributed by atoms with Gasteiger partial charge in [0.25, 0.3) is 15.9 Å². The van der Waals surface area contributed by atoms with Crippen LogP contribution < -0.4 is 0 Å². The van der Waals surface area contributed by atoms with Crippen LogP contribution in [0.25, 0.3) is 0 Å². The lowest BCUT2D eigenvalue weighted by Gasteiger charge is -2.45. The third-order valence-electron chi connectivity index (χ3n) is 4.22. The van der Waals surface area contributed by atoms with Gasteiger partial charge in [-0.15, -0.1) is 11.3 Å². The Morgan fingerprint density at radius 1 is 1.28 bits per heavy atom. The summed E-state index contributed by atoms with van der Waals surface area (Å²) in [5.74, 6) is -1.48. The van der Waals surface area contributed by atoms with Gasteiger partial charge in [0, 0.05) is 25.2 Å². The highest BCUT2D eigenvalue weighted by molar-refractivity contribution is 7.91. The summed E-state index contributed by atoms with van der Waals surface area (Å²) in [6.45, 7) is 2.98. The molecule has 0 aliphatic carbocycles. The van der Waals surface area contributed by atoms with Gasteiger partial charge in [-0.25, -0.2) is 8.42 Å². The molecule has 1 amide bonds. The topological polar surface area (TPSA) is 77.9 Å². The maximum atomic E-state index is 12.9. The first-order valence-corrected chi connectivity index (χ1v) is 9.77. The molecule has 1 fully saturated rings. The Morgan fingerprint density at radius 3 is 2.36 bits per heavy atom. The van der Waals surface area contributed by atoms with E-state index in [1.807, 2.05) is 0 Å². The summed E-state index contributed by atoms with van der Waals surface area (Å²) in [5.41, 5.74) is -3.52. The van der Waals surface area contributed by atoms with E-state index in [1.165, 1.54) is 24.2 Å². The molecule has 1 N–H and O–H groups in total. The number of halogens is 3. The minimum absolute atomic E-state index is 0.133. The lowest BCUT2D eigenvalue weighted by molar-refractivity contribution is -0.251. The van der Waals surface area contributed by atoms with Gasteiger partial charge in [-0.2, -0.15) is 17.5 Å². The first-order valence-electron chi connectivity index (χ1n) is 7.45. The molecule has 1 aromatic heterocycles. The number of rotatable bonds is 3. The predicted molar refractivity (Wildman–Crippen MR) is 85.5 cm³/mol. The van der Waals surface area contributed by atoms with E-state index in [0.717, 1.165) is 16.2 Å². The maximum absolute atomic E-state index is 12.9. The molecule has 1 aromatic rings. The van der Waals surface area contributed by atoms with Gasteiger partial charge in [-0.05, 0) is 32.2 Å². The predicted octanol–water partition coefficient (Wildman–Crippen LogP) is 1.67. The standard InChI is InChI=1S/C14H19F3N2O4S2/c1-9-8-19(25(22,23)11-5-4-6-24-11)10(2)7-18(9)12(20)13(3,21)14(15,16)17/h4-6,9-10,21H,7-8H2,1-3H3/t9-,10+,13+/m0/s1. The molecule has 2 heterocycles. The van der Waals surface area contributed by atoms with Crippen molar-refractivity contribution < 1.29 is 31.5 Å². The molecule has 1 aliphatic rings.